The van der Waals surface area contributed by atoms with Crippen LogP contribution >= 0.6 is 11.8 Å². The highest BCUT2D eigenvalue weighted by atomic mass is 32.2. The fraction of sp³-hybridized carbons (Fsp3) is 0.429. The van der Waals surface area contributed by atoms with Gasteiger partial charge in [-0.1, -0.05) is 30.0 Å². The number of rotatable bonds is 3. The van der Waals surface area contributed by atoms with Crippen molar-refractivity contribution in [2.45, 2.75) is 31.8 Å². The van der Waals surface area contributed by atoms with Crippen LogP contribution in [0.4, 0.5) is 13.2 Å². The van der Waals surface area contributed by atoms with Crippen molar-refractivity contribution >= 4 is 22.8 Å². The van der Waals surface area contributed by atoms with Crippen molar-refractivity contribution in [3.63, 3.8) is 0 Å². The molecule has 2 atom stereocenters. The van der Waals surface area contributed by atoms with E-state index >= 15 is 0 Å². The zero-order valence-electron chi connectivity index (χ0n) is 12.3. The van der Waals surface area contributed by atoms with E-state index in [-0.39, 0.29) is 17.2 Å². The first-order chi connectivity index (χ1) is 10.3. The summed E-state index contributed by atoms with van der Waals surface area (Å²) < 4.78 is 34.3. The van der Waals surface area contributed by atoms with Crippen LogP contribution in [0.15, 0.2) is 29.3 Å². The van der Waals surface area contributed by atoms with Gasteiger partial charge in [0.2, 0.25) is 5.91 Å². The number of carbonyl (C=O) groups excluding carboxylic acids is 1. The van der Waals surface area contributed by atoms with Gasteiger partial charge in [-0.25, -0.2) is 0 Å². The topological polar surface area (TPSA) is 50.7 Å². The Morgan fingerprint density at radius 3 is 2.41 bits per heavy atom. The predicted octanol–water partition coefficient (Wildman–Crippen LogP) is 3.54. The molecule has 0 saturated carbocycles. The summed E-state index contributed by atoms with van der Waals surface area (Å²) in [7, 11) is 1.65. The minimum Gasteiger partial charge on any atom is -0.496 e. The van der Waals surface area contributed by atoms with E-state index in [0.717, 1.165) is 11.3 Å². The molecule has 1 amide bonds. The molecule has 22 heavy (non-hydrogen) atoms. The molecule has 1 aliphatic heterocycles. The standard InChI is InChI=1S/C13H16N2O2S.CHF3/c1-8(10-6-4-5-7-11(10)17-3)14-13-15-12(16)9(2)18-13;2-1(3)4/h4-9H,1-3H3,(H,14,15,16);1H/t8-,9?;/m0./s1. The first-order valence-electron chi connectivity index (χ1n) is 6.45. The molecule has 0 aromatic heterocycles. The summed E-state index contributed by atoms with van der Waals surface area (Å²) in [6, 6.07) is 7.73. The maximum atomic E-state index is 11.4. The molecule has 0 radical (unpaired) electrons. The number of ether oxygens (including phenoxy) is 1. The van der Waals surface area contributed by atoms with Crippen molar-refractivity contribution in [1.29, 1.82) is 0 Å². The van der Waals surface area contributed by atoms with E-state index < -0.39 is 6.68 Å². The number of nitrogens with zero attached hydrogens (tertiary/aromatic N) is 1. The van der Waals surface area contributed by atoms with Crippen molar-refractivity contribution < 1.29 is 22.7 Å². The van der Waals surface area contributed by atoms with Crippen LogP contribution in [0, 0.1) is 0 Å². The number of carbonyl (C=O) groups is 1. The summed E-state index contributed by atoms with van der Waals surface area (Å²) in [6.45, 7) is 0.191. The van der Waals surface area contributed by atoms with Crippen molar-refractivity contribution in [3.8, 4) is 5.75 Å². The third kappa shape index (κ3) is 5.59. The molecular formula is C14H17F3N2O2S. The van der Waals surface area contributed by atoms with Crippen LogP contribution in [-0.4, -0.2) is 30.1 Å². The Kier molecular flexibility index (Phi) is 7.23. The summed E-state index contributed by atoms with van der Waals surface area (Å²) >= 11 is 1.46. The molecule has 1 N–H and O–H groups in total. The van der Waals surface area contributed by atoms with Crippen LogP contribution in [-0.2, 0) is 4.79 Å². The Balaban J connectivity index is 0.000000541. The summed E-state index contributed by atoms with van der Waals surface area (Å²) in [5.74, 6) is 0.836. The van der Waals surface area contributed by atoms with Gasteiger partial charge in [0.15, 0.2) is 5.17 Å². The molecule has 1 heterocycles. The van der Waals surface area contributed by atoms with Gasteiger partial charge in [0.1, 0.15) is 5.75 Å². The number of nitrogens with one attached hydrogen (secondary N) is 1. The zero-order valence-corrected chi connectivity index (χ0v) is 13.2. The number of thioether (sulfide) groups is 1. The van der Waals surface area contributed by atoms with Crippen LogP contribution in [0.3, 0.4) is 0 Å². The summed E-state index contributed by atoms with van der Waals surface area (Å²) in [5, 5.41) is 3.40. The number of aliphatic imine (C=N–C) groups is 1. The van der Waals surface area contributed by atoms with E-state index in [0.29, 0.717) is 5.17 Å². The lowest BCUT2D eigenvalue weighted by Crippen LogP contribution is -2.23. The van der Waals surface area contributed by atoms with E-state index in [1.807, 2.05) is 38.1 Å². The molecule has 1 saturated heterocycles. The smallest absolute Gasteiger partial charge is 0.379 e. The third-order valence-corrected chi connectivity index (χ3v) is 3.79. The molecule has 4 nitrogen and oxygen atoms in total. The fourth-order valence-corrected chi connectivity index (χ4v) is 2.66. The van der Waals surface area contributed by atoms with Crippen LogP contribution < -0.4 is 10.1 Å². The summed E-state index contributed by atoms with van der Waals surface area (Å²) in [5.41, 5.74) is 1.02. The highest BCUT2D eigenvalue weighted by Gasteiger charge is 2.26. The Morgan fingerprint density at radius 2 is 1.91 bits per heavy atom. The van der Waals surface area contributed by atoms with Crippen LogP contribution in [0.2, 0.25) is 0 Å². The molecule has 1 aromatic carbocycles. The van der Waals surface area contributed by atoms with Crippen LogP contribution in [0.5, 0.6) is 5.75 Å². The lowest BCUT2D eigenvalue weighted by Gasteiger charge is -2.12. The Morgan fingerprint density at radius 1 is 1.32 bits per heavy atom. The number of hydrogen-bond acceptors (Lipinski definition) is 4. The maximum Gasteiger partial charge on any atom is 0.379 e. The van der Waals surface area contributed by atoms with Gasteiger partial charge in [-0.2, -0.15) is 13.2 Å². The summed E-state index contributed by atoms with van der Waals surface area (Å²) in [4.78, 5) is 15.9. The first-order valence-corrected chi connectivity index (χ1v) is 7.33. The predicted molar refractivity (Wildman–Crippen MR) is 81.2 cm³/mol. The number of methoxy groups -OCH3 is 1. The maximum absolute atomic E-state index is 11.4. The molecular weight excluding hydrogens is 317 g/mol. The van der Waals surface area contributed by atoms with E-state index in [9.17, 15) is 18.0 Å². The second-order valence-electron chi connectivity index (χ2n) is 4.35. The zero-order chi connectivity index (χ0) is 16.7. The molecule has 1 aliphatic rings. The molecule has 0 bridgehead atoms. The second-order valence-corrected chi connectivity index (χ2v) is 5.68. The molecule has 8 heteroatoms. The van der Waals surface area contributed by atoms with Gasteiger partial charge >= 0.3 is 6.68 Å². The van der Waals surface area contributed by atoms with E-state index in [2.05, 4.69) is 10.3 Å². The number of amidine groups is 1. The number of benzene rings is 1. The SMILES string of the molecule is COc1ccccc1[C@H](C)N=C1NC(=O)C(C)S1.FC(F)F. The monoisotopic (exact) mass is 334 g/mol. The minimum atomic E-state index is -3.67. The highest BCUT2D eigenvalue weighted by molar-refractivity contribution is 8.15. The molecule has 1 unspecified atom stereocenters. The van der Waals surface area contributed by atoms with Crippen molar-refractivity contribution in [3.05, 3.63) is 29.8 Å². The number of para-hydroxylation sites is 1. The second kappa shape index (κ2) is 8.67. The average molecular weight is 334 g/mol. The third-order valence-electron chi connectivity index (χ3n) is 2.79. The van der Waals surface area contributed by atoms with Gasteiger partial charge in [-0.3, -0.25) is 9.79 Å². The summed E-state index contributed by atoms with van der Waals surface area (Å²) in [6.07, 6.45) is 0. The first kappa shape index (κ1) is 18.3. The normalized spacial score (nSPS) is 20.4. The Hall–Kier alpha value is -1.70. The van der Waals surface area contributed by atoms with Crippen LogP contribution in [0.1, 0.15) is 25.5 Å². The van der Waals surface area contributed by atoms with Gasteiger partial charge < -0.3 is 10.1 Å². The van der Waals surface area contributed by atoms with Crippen molar-refractivity contribution in [2.24, 2.45) is 4.99 Å². The molecule has 1 fully saturated rings. The number of hydrogen-bond donors (Lipinski definition) is 1. The molecule has 2 rings (SSSR count). The van der Waals surface area contributed by atoms with Crippen molar-refractivity contribution in [1.82, 2.24) is 5.32 Å². The average Bonchev–Trinajstić information content (AvgIpc) is 2.76. The quantitative estimate of drug-likeness (QED) is 0.920. The Labute approximate surface area is 131 Å². The van der Waals surface area contributed by atoms with Crippen molar-refractivity contribution in [2.75, 3.05) is 7.11 Å². The van der Waals surface area contributed by atoms with Gasteiger partial charge in [-0.15, -0.1) is 0 Å². The lowest BCUT2D eigenvalue weighted by atomic mass is 10.1. The number of halogens is 3. The van der Waals surface area contributed by atoms with Gasteiger partial charge in [0, 0.05) is 5.56 Å². The largest absolute Gasteiger partial charge is 0.496 e. The number of amides is 1. The molecule has 122 valence electrons. The minimum absolute atomic E-state index is 0.0194. The Bertz CT molecular complexity index is 538. The fourth-order valence-electron chi connectivity index (χ4n) is 1.78. The van der Waals surface area contributed by atoms with E-state index in [1.54, 1.807) is 7.11 Å². The van der Waals surface area contributed by atoms with Crippen LogP contribution in [0.25, 0.3) is 0 Å². The highest BCUT2D eigenvalue weighted by Crippen LogP contribution is 2.29. The number of alkyl halides is 3. The van der Waals surface area contributed by atoms with E-state index in [4.69, 9.17) is 4.74 Å². The van der Waals surface area contributed by atoms with Gasteiger partial charge in [-0.05, 0) is 19.9 Å². The van der Waals surface area contributed by atoms with Gasteiger partial charge in [0.25, 0.3) is 0 Å². The van der Waals surface area contributed by atoms with E-state index in [1.165, 1.54) is 11.8 Å². The molecule has 1 aromatic rings. The lowest BCUT2D eigenvalue weighted by molar-refractivity contribution is -0.118. The molecule has 0 aliphatic carbocycles. The van der Waals surface area contributed by atoms with Gasteiger partial charge in [0.05, 0.1) is 18.4 Å². The molecule has 0 spiro atoms.